The quantitative estimate of drug-likeness (QED) is 0.0169. The fourth-order valence-corrected chi connectivity index (χ4v) is 11.0. The van der Waals surface area contributed by atoms with Gasteiger partial charge in [-0.25, -0.2) is 9.13 Å². The third-order valence-electron chi connectivity index (χ3n) is 15.2. The summed E-state index contributed by atoms with van der Waals surface area (Å²) < 4.78 is 68.4. The molecule has 0 aromatic carbocycles. The molecule has 0 saturated carbocycles. The molecule has 0 aromatic rings. The number of phosphoric acid groups is 2. The lowest BCUT2D eigenvalue weighted by atomic mass is 10.1. The molecule has 0 aromatic heterocycles. The van der Waals surface area contributed by atoms with Gasteiger partial charge in [0.15, 0.2) is 12.2 Å². The molecule has 0 spiro atoms. The zero-order chi connectivity index (χ0) is 77.4. The van der Waals surface area contributed by atoms with Crippen LogP contribution in [0, 0.1) is 0 Å². The van der Waals surface area contributed by atoms with Crippen LogP contribution in [0.15, 0.2) is 207 Å². The Labute approximate surface area is 639 Å². The maximum atomic E-state index is 13.1. The SMILES string of the molecule is CC/C=C\C/C=C\C/C=C\C/C=C\C/C=C\CCCCCC(=O)OCC(COP(=O)(O)OCC(O)COP(=O)(O)OCC(COC(=O)CCCC/C=C\C/C=C\C/C=C\C/C=C\CC)OC(=O)CCCCCCC/C=C\C/C=C\C/C=C\CC)OC(=O)CCC/C=C\C/C=C\C/C=C\C/C=C\C/C=C\CC. The van der Waals surface area contributed by atoms with Gasteiger partial charge in [0.2, 0.25) is 0 Å². The first-order valence-corrected chi connectivity index (χ1v) is 42.3. The Morgan fingerprint density at radius 1 is 0.264 bits per heavy atom. The zero-order valence-electron chi connectivity index (χ0n) is 65.0. The van der Waals surface area contributed by atoms with E-state index in [0.29, 0.717) is 32.1 Å². The second-order valence-corrected chi connectivity index (χ2v) is 28.0. The van der Waals surface area contributed by atoms with Crippen molar-refractivity contribution in [3.63, 3.8) is 0 Å². The minimum absolute atomic E-state index is 0.00153. The number of unbranched alkanes of at least 4 members (excludes halogenated alkanes) is 11. The van der Waals surface area contributed by atoms with E-state index < -0.39 is 97.5 Å². The predicted octanol–water partition coefficient (Wildman–Crippen LogP) is 23.1. The van der Waals surface area contributed by atoms with E-state index in [1.54, 1.807) is 0 Å². The topological polar surface area (TPSA) is 237 Å². The van der Waals surface area contributed by atoms with Crippen LogP contribution < -0.4 is 0 Å². The summed E-state index contributed by atoms with van der Waals surface area (Å²) in [6, 6.07) is 0. The lowest BCUT2D eigenvalue weighted by Gasteiger charge is -2.21. The van der Waals surface area contributed by atoms with Crippen LogP contribution in [0.1, 0.15) is 259 Å². The molecular weight excluding hydrogens is 1380 g/mol. The van der Waals surface area contributed by atoms with E-state index in [2.05, 4.69) is 222 Å². The highest BCUT2D eigenvalue weighted by Crippen LogP contribution is 2.45. The average molecular weight is 1520 g/mol. The van der Waals surface area contributed by atoms with Crippen molar-refractivity contribution >= 4 is 39.5 Å². The van der Waals surface area contributed by atoms with Gasteiger partial charge in [-0.15, -0.1) is 0 Å². The lowest BCUT2D eigenvalue weighted by Crippen LogP contribution is -2.30. The van der Waals surface area contributed by atoms with Gasteiger partial charge < -0.3 is 33.8 Å². The number of hydrogen-bond donors (Lipinski definition) is 3. The summed E-state index contributed by atoms with van der Waals surface area (Å²) in [4.78, 5) is 73.0. The minimum Gasteiger partial charge on any atom is -0.462 e. The van der Waals surface area contributed by atoms with Crippen LogP contribution in [0.25, 0.3) is 0 Å². The molecule has 0 amide bonds. The molecule has 0 radical (unpaired) electrons. The summed E-state index contributed by atoms with van der Waals surface area (Å²) in [6.45, 7) is 4.20. The Kier molecular flexibility index (Phi) is 72.2. The Hall–Kier alpha value is -6.36. The number of aliphatic hydroxyl groups is 1. The first kappa shape index (κ1) is 99.6. The van der Waals surface area contributed by atoms with E-state index in [0.717, 1.165) is 173 Å². The molecule has 596 valence electrons. The van der Waals surface area contributed by atoms with Crippen LogP contribution in [0.5, 0.6) is 0 Å². The molecule has 19 heteroatoms. The number of rotatable bonds is 71. The molecule has 0 bridgehead atoms. The maximum Gasteiger partial charge on any atom is 0.472 e. The van der Waals surface area contributed by atoms with Gasteiger partial charge in [-0.3, -0.25) is 37.3 Å². The first-order valence-electron chi connectivity index (χ1n) is 39.3. The molecule has 0 rings (SSSR count). The van der Waals surface area contributed by atoms with Crippen molar-refractivity contribution in [2.45, 2.75) is 277 Å². The number of allylic oxidation sites excluding steroid dienone is 34. The second kappa shape index (κ2) is 76.8. The predicted molar refractivity (Wildman–Crippen MR) is 435 cm³/mol. The summed E-state index contributed by atoms with van der Waals surface area (Å²) in [5, 5.41) is 10.6. The van der Waals surface area contributed by atoms with E-state index in [-0.39, 0.29) is 25.7 Å². The summed E-state index contributed by atoms with van der Waals surface area (Å²) in [6.07, 6.45) is 95.4. The van der Waals surface area contributed by atoms with E-state index >= 15 is 0 Å². The van der Waals surface area contributed by atoms with Gasteiger partial charge >= 0.3 is 39.5 Å². The molecule has 0 heterocycles. The van der Waals surface area contributed by atoms with Crippen LogP contribution in [-0.4, -0.2) is 96.7 Å². The molecule has 5 unspecified atom stereocenters. The minimum atomic E-state index is -5.02. The highest BCUT2D eigenvalue weighted by Gasteiger charge is 2.30. The number of ether oxygens (including phenoxy) is 4. The molecular formula is C87H136O17P2. The van der Waals surface area contributed by atoms with Gasteiger partial charge in [-0.1, -0.05) is 260 Å². The van der Waals surface area contributed by atoms with Gasteiger partial charge in [0.25, 0.3) is 0 Å². The summed E-state index contributed by atoms with van der Waals surface area (Å²) in [5.41, 5.74) is 0. The zero-order valence-corrected chi connectivity index (χ0v) is 66.8. The molecule has 0 aliphatic carbocycles. The second-order valence-electron chi connectivity index (χ2n) is 25.1. The van der Waals surface area contributed by atoms with Crippen molar-refractivity contribution in [1.82, 2.24) is 0 Å². The first-order chi connectivity index (χ1) is 51.7. The Morgan fingerprint density at radius 2 is 0.472 bits per heavy atom. The van der Waals surface area contributed by atoms with Crippen LogP contribution in [0.3, 0.4) is 0 Å². The lowest BCUT2D eigenvalue weighted by molar-refractivity contribution is -0.161. The molecule has 5 atom stereocenters. The molecule has 3 N–H and O–H groups in total. The van der Waals surface area contributed by atoms with Gasteiger partial charge in [-0.05, 0) is 180 Å². The number of esters is 4. The Balaban J connectivity index is 5.53. The van der Waals surface area contributed by atoms with Gasteiger partial charge in [0.1, 0.15) is 19.3 Å². The van der Waals surface area contributed by atoms with Gasteiger partial charge in [-0.2, -0.15) is 0 Å². The molecule has 0 aliphatic heterocycles. The van der Waals surface area contributed by atoms with Crippen molar-refractivity contribution < 1.29 is 80.2 Å². The third-order valence-corrected chi connectivity index (χ3v) is 17.1. The largest absolute Gasteiger partial charge is 0.472 e. The molecule has 0 fully saturated rings. The molecule has 106 heavy (non-hydrogen) atoms. The highest BCUT2D eigenvalue weighted by atomic mass is 31.2. The Bertz CT molecular complexity index is 2830. The summed E-state index contributed by atoms with van der Waals surface area (Å²) >= 11 is 0. The number of aliphatic hydroxyl groups excluding tert-OH is 1. The normalized spacial score (nSPS) is 15.0. The standard InChI is InChI=1S/C87H136O17P2/c1-5-9-13-17-21-25-29-33-37-39-40-42-45-48-52-56-60-64-68-72-85(90)98-78-83(104-87(92)74-70-66-62-58-54-50-46-41-38-34-30-26-22-18-14-10-6-2)80-102-106(95,96)100-76-81(88)75-99-105(93,94)101-79-82(103-86(91)73-69-65-61-57-53-49-44-36-32-28-24-20-16-12-8-4)77-97-84(89)71-67-63-59-55-51-47-43-35-31-27-23-19-15-11-7-3/h9-16,21-28,33-38,40,42-44,46,48,50-52,55,58,62,81-83,88H,5-8,17-20,29-32,39,41,45,47,49,53-54,56-57,59-61,63-80H2,1-4H3,(H,93,94)(H,95,96)/b13-9-,14-10-,15-11-,16-12-,25-21-,26-22-,27-23-,28-24-,37-33-,38-34-,42-40-,43-35-,44-36-,50-46-,52-48-,55-51-,62-58-. The van der Waals surface area contributed by atoms with Crippen LogP contribution >= 0.6 is 15.6 Å². The number of hydrogen-bond acceptors (Lipinski definition) is 15. The molecule has 0 aliphatic rings. The molecule has 17 nitrogen and oxygen atoms in total. The van der Waals surface area contributed by atoms with E-state index in [1.165, 1.54) is 0 Å². The van der Waals surface area contributed by atoms with Crippen molar-refractivity contribution in [1.29, 1.82) is 0 Å². The van der Waals surface area contributed by atoms with Crippen LogP contribution in [-0.2, 0) is 65.4 Å². The van der Waals surface area contributed by atoms with E-state index in [9.17, 15) is 43.2 Å². The fourth-order valence-electron chi connectivity index (χ4n) is 9.40. The average Bonchev–Trinajstić information content (AvgIpc) is 0.902. The van der Waals surface area contributed by atoms with Crippen molar-refractivity contribution in [3.8, 4) is 0 Å². The Morgan fingerprint density at radius 3 is 0.774 bits per heavy atom. The number of phosphoric ester groups is 2. The summed E-state index contributed by atoms with van der Waals surface area (Å²) in [5.74, 6) is -2.37. The van der Waals surface area contributed by atoms with Crippen molar-refractivity contribution in [2.75, 3.05) is 39.6 Å². The fraction of sp³-hybridized carbons (Fsp3) is 0.563. The monoisotopic (exact) mass is 1510 g/mol. The number of carbonyl (C=O) groups is 4. The van der Waals surface area contributed by atoms with Crippen LogP contribution in [0.2, 0.25) is 0 Å². The maximum absolute atomic E-state index is 13.1. The van der Waals surface area contributed by atoms with Gasteiger partial charge in [0, 0.05) is 25.7 Å². The van der Waals surface area contributed by atoms with Crippen molar-refractivity contribution in [3.05, 3.63) is 207 Å². The van der Waals surface area contributed by atoms with Crippen molar-refractivity contribution in [2.24, 2.45) is 0 Å². The van der Waals surface area contributed by atoms with E-state index in [1.807, 2.05) is 12.2 Å². The summed E-state index contributed by atoms with van der Waals surface area (Å²) in [7, 11) is -10.0. The third kappa shape index (κ3) is 75.9. The van der Waals surface area contributed by atoms with Gasteiger partial charge in [0.05, 0.1) is 26.4 Å². The highest BCUT2D eigenvalue weighted by molar-refractivity contribution is 7.47. The van der Waals surface area contributed by atoms with E-state index in [4.69, 9.17) is 37.0 Å². The van der Waals surface area contributed by atoms with Crippen LogP contribution in [0.4, 0.5) is 0 Å². The smallest absolute Gasteiger partial charge is 0.462 e. The molecule has 0 saturated heterocycles. The number of carbonyl (C=O) groups excluding carboxylic acids is 4.